The van der Waals surface area contributed by atoms with E-state index in [1.165, 1.54) is 18.3 Å². The van der Waals surface area contributed by atoms with Crippen LogP contribution in [0.3, 0.4) is 0 Å². The van der Waals surface area contributed by atoms with Gasteiger partial charge in [-0.2, -0.15) is 18.4 Å². The molecule has 1 aliphatic rings. The van der Waals surface area contributed by atoms with Crippen molar-refractivity contribution in [2.24, 2.45) is 0 Å². The largest absolute Gasteiger partial charge is 0.433 e. The van der Waals surface area contributed by atoms with Crippen LogP contribution in [0.5, 0.6) is 0 Å². The van der Waals surface area contributed by atoms with Gasteiger partial charge in [-0.05, 0) is 23.8 Å². The highest BCUT2D eigenvalue weighted by Crippen LogP contribution is 2.29. The van der Waals surface area contributed by atoms with Crippen molar-refractivity contribution in [1.82, 2.24) is 20.6 Å². The number of nitrogens with one attached hydrogen (secondary N) is 2. The van der Waals surface area contributed by atoms with Gasteiger partial charge >= 0.3 is 6.18 Å². The minimum atomic E-state index is -4.54. The maximum Gasteiger partial charge on any atom is 0.433 e. The average Bonchev–Trinajstić information content (AvgIpc) is 3.11. The van der Waals surface area contributed by atoms with Crippen LogP contribution < -0.4 is 10.6 Å². The zero-order valence-electron chi connectivity index (χ0n) is 14.8. The van der Waals surface area contributed by atoms with Gasteiger partial charge in [0, 0.05) is 37.5 Å². The third-order valence-corrected chi connectivity index (χ3v) is 4.31. The lowest BCUT2D eigenvalue weighted by molar-refractivity contribution is -0.141. The van der Waals surface area contributed by atoms with Crippen molar-refractivity contribution in [2.75, 3.05) is 6.54 Å². The van der Waals surface area contributed by atoms with Gasteiger partial charge in [-0.25, -0.2) is 4.39 Å². The first-order valence-corrected chi connectivity index (χ1v) is 8.35. The van der Waals surface area contributed by atoms with Crippen molar-refractivity contribution in [3.05, 3.63) is 47.4 Å². The zero-order valence-corrected chi connectivity index (χ0v) is 15.6. The number of hydrogen-bond acceptors (Lipinski definition) is 5. The molecule has 154 valence electrons. The van der Waals surface area contributed by atoms with Gasteiger partial charge in [0.1, 0.15) is 17.9 Å². The van der Waals surface area contributed by atoms with Gasteiger partial charge in [-0.3, -0.25) is 14.8 Å². The molecule has 6 nitrogen and oxygen atoms in total. The molecule has 2 aromatic heterocycles. The fourth-order valence-electron chi connectivity index (χ4n) is 2.81. The molecule has 2 unspecified atom stereocenters. The number of nitrogens with zero attached hydrogens (tertiary/aromatic N) is 3. The Balaban J connectivity index is 0.00000300. The second-order valence-electron chi connectivity index (χ2n) is 6.28. The molecule has 29 heavy (non-hydrogen) atoms. The minimum absolute atomic E-state index is 0. The lowest BCUT2D eigenvalue weighted by atomic mass is 10.1. The Morgan fingerprint density at radius 1 is 1.31 bits per heavy atom. The summed E-state index contributed by atoms with van der Waals surface area (Å²) in [5.74, 6) is -0.390. The molecule has 0 aliphatic carbocycles. The summed E-state index contributed by atoms with van der Waals surface area (Å²) >= 11 is 0. The van der Waals surface area contributed by atoms with Crippen molar-refractivity contribution < 1.29 is 22.4 Å². The van der Waals surface area contributed by atoms with Gasteiger partial charge in [0.05, 0.1) is 17.3 Å². The van der Waals surface area contributed by atoms with E-state index in [0.717, 1.165) is 12.3 Å². The normalized spacial score (nSPS) is 18.6. The molecule has 0 aromatic carbocycles. The molecule has 0 radical (unpaired) electrons. The molecule has 2 atom stereocenters. The van der Waals surface area contributed by atoms with Crippen LogP contribution in [0.25, 0.3) is 11.3 Å². The highest BCUT2D eigenvalue weighted by atomic mass is 35.5. The van der Waals surface area contributed by atoms with Gasteiger partial charge in [0.25, 0.3) is 0 Å². The quantitative estimate of drug-likeness (QED) is 0.729. The van der Waals surface area contributed by atoms with Gasteiger partial charge in [-0.15, -0.1) is 12.4 Å². The van der Waals surface area contributed by atoms with Crippen LogP contribution in [0.2, 0.25) is 0 Å². The Kier molecular flexibility index (Phi) is 7.11. The number of halogens is 5. The first-order chi connectivity index (χ1) is 13.3. The van der Waals surface area contributed by atoms with Crippen LogP contribution in [0.15, 0.2) is 30.6 Å². The lowest BCUT2D eigenvalue weighted by Gasteiger charge is -2.12. The molecule has 11 heteroatoms. The third kappa shape index (κ3) is 5.40. The number of hydrogen-bond donors (Lipinski definition) is 2. The number of alkyl halides is 4. The molecule has 0 spiro atoms. The van der Waals surface area contributed by atoms with E-state index in [1.54, 1.807) is 0 Å². The summed E-state index contributed by atoms with van der Waals surface area (Å²) in [5.41, 5.74) is 0.282. The molecule has 1 aliphatic heterocycles. The third-order valence-electron chi connectivity index (χ3n) is 4.31. The first kappa shape index (κ1) is 22.5. The molecular weight excluding hydrogens is 414 g/mol. The smallest absolute Gasteiger partial charge is 0.351 e. The summed E-state index contributed by atoms with van der Waals surface area (Å²) < 4.78 is 51.1. The number of carbonyl (C=O) groups is 1. The van der Waals surface area contributed by atoms with Crippen LogP contribution in [0, 0.1) is 11.3 Å². The minimum Gasteiger partial charge on any atom is -0.351 e. The molecule has 2 aromatic rings. The molecular formula is C18H16ClF4N5O. The maximum absolute atomic E-state index is 13.2. The SMILES string of the molecule is Cl.N#Cc1cnc(-c2ccc(C(F)(F)F)nc2)cc1CNC(=O)C1CC(F)CN1. The maximum atomic E-state index is 13.2. The molecule has 1 amide bonds. The van der Waals surface area contributed by atoms with Crippen LogP contribution in [0.4, 0.5) is 17.6 Å². The number of carbonyl (C=O) groups excluding carboxylic acids is 1. The van der Waals surface area contributed by atoms with Crippen LogP contribution in [-0.2, 0) is 17.5 Å². The average molecular weight is 430 g/mol. The molecule has 3 heterocycles. The van der Waals surface area contributed by atoms with Crippen molar-refractivity contribution in [3.8, 4) is 17.3 Å². The summed E-state index contributed by atoms with van der Waals surface area (Å²) in [5, 5.41) is 14.6. The number of rotatable bonds is 4. The Bertz CT molecular complexity index is 914. The number of nitriles is 1. The second-order valence-corrected chi connectivity index (χ2v) is 6.28. The highest BCUT2D eigenvalue weighted by Gasteiger charge is 2.32. The number of amides is 1. The van der Waals surface area contributed by atoms with Crippen LogP contribution in [0.1, 0.15) is 23.2 Å². The van der Waals surface area contributed by atoms with Crippen molar-refractivity contribution in [1.29, 1.82) is 5.26 Å². The van der Waals surface area contributed by atoms with E-state index in [1.807, 2.05) is 6.07 Å². The summed E-state index contributed by atoms with van der Waals surface area (Å²) in [6, 6.07) is 4.89. The van der Waals surface area contributed by atoms with E-state index in [2.05, 4.69) is 20.6 Å². The summed E-state index contributed by atoms with van der Waals surface area (Å²) in [6.45, 7) is 0.113. The number of pyridine rings is 2. The fourth-order valence-corrected chi connectivity index (χ4v) is 2.81. The predicted molar refractivity (Wildman–Crippen MR) is 97.6 cm³/mol. The number of aromatic nitrogens is 2. The first-order valence-electron chi connectivity index (χ1n) is 8.35. The van der Waals surface area contributed by atoms with Crippen molar-refractivity contribution >= 4 is 18.3 Å². The van der Waals surface area contributed by atoms with Gasteiger partial charge in [0.2, 0.25) is 5.91 Å². The van der Waals surface area contributed by atoms with Gasteiger partial charge in [0.15, 0.2) is 0 Å². The summed E-state index contributed by atoms with van der Waals surface area (Å²) in [7, 11) is 0. The molecule has 1 saturated heterocycles. The Hall–Kier alpha value is -2.77. The highest BCUT2D eigenvalue weighted by molar-refractivity contribution is 5.85. The van der Waals surface area contributed by atoms with E-state index in [-0.39, 0.29) is 37.5 Å². The molecule has 1 fully saturated rings. The summed E-state index contributed by atoms with van der Waals surface area (Å²) in [6.07, 6.45) is -3.22. The lowest BCUT2D eigenvalue weighted by Crippen LogP contribution is -2.40. The Morgan fingerprint density at radius 2 is 2.07 bits per heavy atom. The fraction of sp³-hybridized carbons (Fsp3) is 0.333. The Labute approximate surface area is 169 Å². The van der Waals surface area contributed by atoms with Gasteiger partial charge < -0.3 is 10.6 Å². The van der Waals surface area contributed by atoms with Crippen molar-refractivity contribution in [2.45, 2.75) is 31.4 Å². The molecule has 0 saturated carbocycles. The van der Waals surface area contributed by atoms with E-state index < -0.39 is 30.0 Å². The molecule has 0 bridgehead atoms. The molecule has 2 N–H and O–H groups in total. The summed E-state index contributed by atoms with van der Waals surface area (Å²) in [4.78, 5) is 19.6. The molecule has 3 rings (SSSR count). The Morgan fingerprint density at radius 3 is 2.62 bits per heavy atom. The van der Waals surface area contributed by atoms with Crippen molar-refractivity contribution in [3.63, 3.8) is 0 Å². The van der Waals surface area contributed by atoms with E-state index in [0.29, 0.717) is 16.8 Å². The second kappa shape index (κ2) is 9.15. The van der Waals surface area contributed by atoms with Crippen LogP contribution >= 0.6 is 12.4 Å². The monoisotopic (exact) mass is 429 g/mol. The topological polar surface area (TPSA) is 90.7 Å². The standard InChI is InChI=1S/C18H15F4N5O.ClH/c19-13-4-15(25-9-13)17(28)27-7-11-3-14(24-8-12(11)5-23)10-1-2-16(26-6-10)18(20,21)22;/h1-3,6,8,13,15,25H,4,7,9H2,(H,27,28);1H. The van der Waals surface area contributed by atoms with Crippen LogP contribution in [-0.4, -0.2) is 34.6 Å². The van der Waals surface area contributed by atoms with E-state index >= 15 is 0 Å². The van der Waals surface area contributed by atoms with E-state index in [4.69, 9.17) is 0 Å². The predicted octanol–water partition coefficient (Wildman–Crippen LogP) is 2.77. The van der Waals surface area contributed by atoms with E-state index in [9.17, 15) is 27.6 Å². The van der Waals surface area contributed by atoms with Gasteiger partial charge in [-0.1, -0.05) is 0 Å². The zero-order chi connectivity index (χ0) is 20.3.